The van der Waals surface area contributed by atoms with Crippen LogP contribution in [0.25, 0.3) is 21.9 Å². The number of rotatable bonds is 1. The number of nitrogens with one attached hydrogen (secondary N) is 2. The van der Waals surface area contributed by atoms with Crippen molar-refractivity contribution >= 4 is 39.5 Å². The lowest BCUT2D eigenvalue weighted by atomic mass is 10.2. The summed E-state index contributed by atoms with van der Waals surface area (Å²) in [5.74, 6) is -0.972. The Kier molecular flexibility index (Phi) is 1.76. The Balaban J connectivity index is 2.40. The van der Waals surface area contributed by atoms with E-state index in [1.54, 1.807) is 18.2 Å². The number of carboxylic acid groups (broad SMARTS) is 1. The number of hydrogen-bond acceptors (Lipinski definition) is 1. The molecular formula is C11H7ClN2O2. The van der Waals surface area contributed by atoms with Crippen molar-refractivity contribution in [3.63, 3.8) is 0 Å². The minimum absolute atomic E-state index is 0.170. The molecule has 0 bridgehead atoms. The third kappa shape index (κ3) is 1.20. The number of benzene rings is 1. The highest BCUT2D eigenvalue weighted by atomic mass is 35.5. The van der Waals surface area contributed by atoms with Crippen molar-refractivity contribution in [1.29, 1.82) is 0 Å². The van der Waals surface area contributed by atoms with E-state index in [1.807, 2.05) is 6.07 Å². The topological polar surface area (TPSA) is 68.9 Å². The third-order valence-corrected chi connectivity index (χ3v) is 2.80. The molecule has 3 aromatic rings. The molecule has 0 saturated carbocycles. The number of aromatic nitrogens is 2. The molecule has 0 radical (unpaired) electrons. The van der Waals surface area contributed by atoms with E-state index in [0.717, 1.165) is 21.9 Å². The normalized spacial score (nSPS) is 11.3. The van der Waals surface area contributed by atoms with Crippen LogP contribution in [0.3, 0.4) is 0 Å². The zero-order chi connectivity index (χ0) is 11.3. The monoisotopic (exact) mass is 234 g/mol. The number of aromatic amines is 2. The maximum atomic E-state index is 10.8. The summed E-state index contributed by atoms with van der Waals surface area (Å²) in [6.45, 7) is 0. The number of halogens is 1. The van der Waals surface area contributed by atoms with Crippen molar-refractivity contribution in [1.82, 2.24) is 9.97 Å². The Labute approximate surface area is 94.8 Å². The second-order valence-electron chi connectivity index (χ2n) is 3.59. The van der Waals surface area contributed by atoms with Crippen molar-refractivity contribution in [2.45, 2.75) is 0 Å². The fourth-order valence-electron chi connectivity index (χ4n) is 1.86. The molecule has 2 heterocycles. The van der Waals surface area contributed by atoms with E-state index in [1.165, 1.54) is 0 Å². The van der Waals surface area contributed by atoms with E-state index >= 15 is 0 Å². The van der Waals surface area contributed by atoms with E-state index < -0.39 is 5.97 Å². The lowest BCUT2D eigenvalue weighted by Crippen LogP contribution is -1.95. The fraction of sp³-hybridized carbons (Fsp3) is 0. The molecule has 4 nitrogen and oxygen atoms in total. The Morgan fingerprint density at radius 2 is 2.00 bits per heavy atom. The van der Waals surface area contributed by atoms with Gasteiger partial charge in [0.25, 0.3) is 0 Å². The van der Waals surface area contributed by atoms with Gasteiger partial charge in [-0.15, -0.1) is 0 Å². The highest BCUT2D eigenvalue weighted by molar-refractivity contribution is 6.31. The molecule has 1 aromatic carbocycles. The maximum Gasteiger partial charge on any atom is 0.352 e. The van der Waals surface area contributed by atoms with Crippen LogP contribution in [0.2, 0.25) is 5.02 Å². The van der Waals surface area contributed by atoms with E-state index in [9.17, 15) is 4.79 Å². The summed E-state index contributed by atoms with van der Waals surface area (Å²) in [6.07, 6.45) is 0. The van der Waals surface area contributed by atoms with Crippen LogP contribution >= 0.6 is 11.6 Å². The summed E-state index contributed by atoms with van der Waals surface area (Å²) in [5, 5.41) is 10.4. The van der Waals surface area contributed by atoms with Crippen molar-refractivity contribution in [2.24, 2.45) is 0 Å². The van der Waals surface area contributed by atoms with Crippen LogP contribution in [0.15, 0.2) is 24.3 Å². The first-order valence-electron chi connectivity index (χ1n) is 4.68. The third-order valence-electron chi connectivity index (χ3n) is 2.57. The van der Waals surface area contributed by atoms with Crippen LogP contribution in [-0.2, 0) is 0 Å². The largest absolute Gasteiger partial charge is 0.477 e. The minimum atomic E-state index is -0.972. The first-order valence-corrected chi connectivity index (χ1v) is 5.06. The molecule has 0 aliphatic rings. The van der Waals surface area contributed by atoms with E-state index in [0.29, 0.717) is 5.02 Å². The molecule has 3 rings (SSSR count). The average molecular weight is 235 g/mol. The molecule has 5 heteroatoms. The lowest BCUT2D eigenvalue weighted by Gasteiger charge is -1.91. The average Bonchev–Trinajstić information content (AvgIpc) is 2.75. The summed E-state index contributed by atoms with van der Waals surface area (Å²) in [4.78, 5) is 16.8. The molecule has 0 atom stereocenters. The van der Waals surface area contributed by atoms with Gasteiger partial charge in [0.05, 0.1) is 11.0 Å². The Morgan fingerprint density at radius 3 is 2.75 bits per heavy atom. The number of carboxylic acids is 1. The van der Waals surface area contributed by atoms with Crippen LogP contribution in [0.4, 0.5) is 0 Å². The van der Waals surface area contributed by atoms with Gasteiger partial charge in [-0.25, -0.2) is 4.79 Å². The first kappa shape index (κ1) is 9.30. The van der Waals surface area contributed by atoms with E-state index in [2.05, 4.69) is 9.97 Å². The van der Waals surface area contributed by atoms with Crippen LogP contribution in [0.1, 0.15) is 10.5 Å². The molecule has 0 spiro atoms. The summed E-state index contributed by atoms with van der Waals surface area (Å²) < 4.78 is 0. The minimum Gasteiger partial charge on any atom is -0.477 e. The summed E-state index contributed by atoms with van der Waals surface area (Å²) >= 11 is 5.90. The Morgan fingerprint density at radius 1 is 1.19 bits per heavy atom. The molecule has 3 N–H and O–H groups in total. The van der Waals surface area contributed by atoms with Gasteiger partial charge in [-0.3, -0.25) is 0 Å². The number of hydrogen-bond donors (Lipinski definition) is 3. The number of H-pyrrole nitrogens is 2. The number of carbonyl (C=O) groups is 1. The fourth-order valence-corrected chi connectivity index (χ4v) is 2.03. The SMILES string of the molecule is O=C(O)c1cc2[nH]c3ccc(Cl)cc3c2[nH]1. The van der Waals surface area contributed by atoms with Gasteiger partial charge in [0.15, 0.2) is 0 Å². The highest BCUT2D eigenvalue weighted by Crippen LogP contribution is 2.27. The summed E-state index contributed by atoms with van der Waals surface area (Å²) in [5.41, 5.74) is 2.65. The molecule has 2 aromatic heterocycles. The molecule has 0 amide bonds. The molecule has 0 saturated heterocycles. The van der Waals surface area contributed by atoms with Gasteiger partial charge in [-0.05, 0) is 24.3 Å². The lowest BCUT2D eigenvalue weighted by molar-refractivity contribution is 0.0691. The van der Waals surface area contributed by atoms with E-state index in [4.69, 9.17) is 16.7 Å². The van der Waals surface area contributed by atoms with Gasteiger partial charge in [-0.1, -0.05) is 11.6 Å². The first-order chi connectivity index (χ1) is 7.65. The van der Waals surface area contributed by atoms with Crippen LogP contribution < -0.4 is 0 Å². The van der Waals surface area contributed by atoms with Gasteiger partial charge >= 0.3 is 5.97 Å². The van der Waals surface area contributed by atoms with Gasteiger partial charge in [0, 0.05) is 15.9 Å². The standard InChI is InChI=1S/C11H7ClN2O2/c12-5-1-2-7-6(3-5)10-8(13-7)4-9(14-10)11(15)16/h1-4,13-14H,(H,15,16). The maximum absolute atomic E-state index is 10.8. The van der Waals surface area contributed by atoms with Crippen LogP contribution in [0, 0.1) is 0 Å². The van der Waals surface area contributed by atoms with Crippen molar-refractivity contribution in [3.05, 3.63) is 35.0 Å². The van der Waals surface area contributed by atoms with Crippen LogP contribution in [0.5, 0.6) is 0 Å². The van der Waals surface area contributed by atoms with Crippen molar-refractivity contribution < 1.29 is 9.90 Å². The van der Waals surface area contributed by atoms with Gasteiger partial charge in [0.1, 0.15) is 5.69 Å². The smallest absolute Gasteiger partial charge is 0.352 e. The molecule has 0 fully saturated rings. The number of fused-ring (bicyclic) bond motifs is 3. The van der Waals surface area contributed by atoms with Gasteiger partial charge in [-0.2, -0.15) is 0 Å². The molecule has 0 unspecified atom stereocenters. The number of aromatic carboxylic acids is 1. The molecule has 80 valence electrons. The van der Waals surface area contributed by atoms with Crippen molar-refractivity contribution in [3.8, 4) is 0 Å². The molecular weight excluding hydrogens is 228 g/mol. The Hall–Kier alpha value is -1.94. The van der Waals surface area contributed by atoms with Gasteiger partial charge < -0.3 is 15.1 Å². The second-order valence-corrected chi connectivity index (χ2v) is 4.03. The Bertz CT molecular complexity index is 711. The zero-order valence-corrected chi connectivity index (χ0v) is 8.80. The predicted octanol–water partition coefficient (Wildman–Crippen LogP) is 3.00. The quantitative estimate of drug-likeness (QED) is 0.606. The van der Waals surface area contributed by atoms with Gasteiger partial charge in [0.2, 0.25) is 0 Å². The molecule has 0 aliphatic heterocycles. The molecule has 16 heavy (non-hydrogen) atoms. The zero-order valence-electron chi connectivity index (χ0n) is 8.04. The highest BCUT2D eigenvalue weighted by Gasteiger charge is 2.11. The van der Waals surface area contributed by atoms with Crippen molar-refractivity contribution in [2.75, 3.05) is 0 Å². The summed E-state index contributed by atoms with van der Waals surface area (Å²) in [6, 6.07) is 7.03. The second kappa shape index (κ2) is 3.02. The van der Waals surface area contributed by atoms with Crippen LogP contribution in [-0.4, -0.2) is 21.0 Å². The molecule has 0 aliphatic carbocycles. The summed E-state index contributed by atoms with van der Waals surface area (Å²) in [7, 11) is 0. The predicted molar refractivity (Wildman–Crippen MR) is 62.1 cm³/mol. The van der Waals surface area contributed by atoms with E-state index in [-0.39, 0.29) is 5.69 Å².